The molecule has 0 aliphatic carbocycles. The van der Waals surface area contributed by atoms with Gasteiger partial charge < -0.3 is 19.1 Å². The third-order valence-corrected chi connectivity index (χ3v) is 9.67. The van der Waals surface area contributed by atoms with Gasteiger partial charge in [-0.1, -0.05) is 38.1 Å². The molecule has 1 unspecified atom stereocenters. The van der Waals surface area contributed by atoms with Gasteiger partial charge in [-0.15, -0.1) is 0 Å². The lowest BCUT2D eigenvalue weighted by atomic mass is 10.00. The largest absolute Gasteiger partial charge is 0.485 e. The van der Waals surface area contributed by atoms with Gasteiger partial charge in [0, 0.05) is 23.8 Å². The van der Waals surface area contributed by atoms with E-state index >= 15 is 0 Å². The van der Waals surface area contributed by atoms with Crippen LogP contribution in [0.15, 0.2) is 65.8 Å². The first-order chi connectivity index (χ1) is 23.1. The number of aromatic nitrogens is 4. The fraction of sp³-hybridized carbons (Fsp3) is 0.400. The van der Waals surface area contributed by atoms with Gasteiger partial charge >= 0.3 is 0 Å². The molecule has 2 aromatic carbocycles. The summed E-state index contributed by atoms with van der Waals surface area (Å²) in [6.07, 6.45) is 5.56. The monoisotopic (exact) mass is 672 g/mol. The number of carbonyl (C=O) groups excluding carboxylic acids is 1. The van der Waals surface area contributed by atoms with Crippen molar-refractivity contribution in [2.75, 3.05) is 24.5 Å². The second kappa shape index (κ2) is 14.2. The zero-order chi connectivity index (χ0) is 33.8. The van der Waals surface area contributed by atoms with Crippen LogP contribution in [0.4, 0.5) is 5.95 Å². The number of amides is 1. The maximum atomic E-state index is 14.3. The zero-order valence-corrected chi connectivity index (χ0v) is 28.4. The Morgan fingerprint density at radius 3 is 2.48 bits per heavy atom. The average molecular weight is 673 g/mol. The minimum atomic E-state index is -4.18. The van der Waals surface area contributed by atoms with Crippen LogP contribution in [0, 0.1) is 19.8 Å². The molecule has 2 aromatic heterocycles. The fourth-order valence-electron chi connectivity index (χ4n) is 6.04. The van der Waals surface area contributed by atoms with E-state index in [1.807, 2.05) is 32.0 Å². The van der Waals surface area contributed by atoms with Crippen LogP contribution < -0.4 is 14.2 Å². The Kier molecular flexibility index (Phi) is 9.88. The van der Waals surface area contributed by atoms with E-state index in [4.69, 9.17) is 14.2 Å². The summed E-state index contributed by atoms with van der Waals surface area (Å²) in [5.41, 5.74) is 3.51. The summed E-state index contributed by atoms with van der Waals surface area (Å²) in [6.45, 7) is 9.47. The highest BCUT2D eigenvalue weighted by Gasteiger charge is 2.30. The third kappa shape index (κ3) is 7.74. The molecule has 252 valence electrons. The number of rotatable bonds is 7. The SMILES string of the molecule is Cc1cccc(C)c1-c1cc2nc(n1)NS(=O)(=O)c1cccc(c1)C(=O)N(Cc1ncc(OC3CCCOC3)cn1)[C@H](CC(C)C)CO2. The predicted octanol–water partition coefficient (Wildman–Crippen LogP) is 5.36. The van der Waals surface area contributed by atoms with Gasteiger partial charge in [0.25, 0.3) is 15.9 Å². The van der Waals surface area contributed by atoms with E-state index in [-0.39, 0.29) is 53.4 Å². The first kappa shape index (κ1) is 33.3. The molecule has 0 radical (unpaired) electrons. The normalized spacial score (nSPS) is 19.4. The molecular weight excluding hydrogens is 632 g/mol. The molecular formula is C35H40N6O6S. The van der Waals surface area contributed by atoms with Crippen LogP contribution in [0.1, 0.15) is 60.4 Å². The highest BCUT2D eigenvalue weighted by atomic mass is 32.2. The van der Waals surface area contributed by atoms with Crippen LogP contribution in [0.3, 0.4) is 0 Å². The van der Waals surface area contributed by atoms with Crippen molar-refractivity contribution in [1.82, 2.24) is 24.8 Å². The molecule has 0 spiro atoms. The molecule has 4 aromatic rings. The van der Waals surface area contributed by atoms with Crippen LogP contribution in [0.2, 0.25) is 0 Å². The quantitative estimate of drug-likeness (QED) is 0.272. The van der Waals surface area contributed by atoms with Crippen molar-refractivity contribution in [2.24, 2.45) is 5.92 Å². The van der Waals surface area contributed by atoms with Gasteiger partial charge in [-0.25, -0.2) is 28.1 Å². The summed E-state index contributed by atoms with van der Waals surface area (Å²) in [5.74, 6) is 0.792. The Morgan fingerprint density at radius 2 is 1.77 bits per heavy atom. The molecule has 48 heavy (non-hydrogen) atoms. The van der Waals surface area contributed by atoms with E-state index in [0.29, 0.717) is 30.3 Å². The molecule has 1 fully saturated rings. The van der Waals surface area contributed by atoms with Crippen molar-refractivity contribution in [1.29, 1.82) is 0 Å². The van der Waals surface area contributed by atoms with Crippen LogP contribution in [0.25, 0.3) is 11.3 Å². The Morgan fingerprint density at radius 1 is 1.02 bits per heavy atom. The van der Waals surface area contributed by atoms with Crippen molar-refractivity contribution < 1.29 is 27.4 Å². The second-order valence-electron chi connectivity index (χ2n) is 12.6. The third-order valence-electron chi connectivity index (χ3n) is 8.34. The lowest BCUT2D eigenvalue weighted by molar-refractivity contribution is 0.00707. The number of nitrogens with one attached hydrogen (secondary N) is 1. The van der Waals surface area contributed by atoms with Crippen LogP contribution in [-0.2, 0) is 21.3 Å². The minimum absolute atomic E-state index is 0.0583. The van der Waals surface area contributed by atoms with E-state index in [0.717, 1.165) is 36.1 Å². The fourth-order valence-corrected chi connectivity index (χ4v) is 7.03. The first-order valence-electron chi connectivity index (χ1n) is 16.1. The molecule has 4 bridgehead atoms. The number of sulfonamides is 1. The molecule has 6 rings (SSSR count). The lowest BCUT2D eigenvalue weighted by Gasteiger charge is -2.32. The molecule has 13 heteroatoms. The topological polar surface area (TPSA) is 146 Å². The molecule has 4 heterocycles. The van der Waals surface area contributed by atoms with Crippen molar-refractivity contribution in [3.05, 3.63) is 83.4 Å². The van der Waals surface area contributed by atoms with Crippen molar-refractivity contribution in [2.45, 2.75) is 70.5 Å². The Bertz CT molecular complexity index is 1860. The summed E-state index contributed by atoms with van der Waals surface area (Å²) in [4.78, 5) is 33.9. The Balaban J connectivity index is 1.39. The number of aryl methyl sites for hydroxylation is 2. The van der Waals surface area contributed by atoms with E-state index in [1.54, 1.807) is 35.5 Å². The number of benzene rings is 2. The number of anilines is 1. The van der Waals surface area contributed by atoms with Crippen LogP contribution in [0.5, 0.6) is 11.6 Å². The van der Waals surface area contributed by atoms with Gasteiger partial charge in [0.1, 0.15) is 18.5 Å². The number of hydrogen-bond donors (Lipinski definition) is 1. The summed E-state index contributed by atoms with van der Waals surface area (Å²) in [5, 5.41) is 0. The molecule has 2 aliphatic heterocycles. The number of carbonyl (C=O) groups is 1. The molecule has 2 atom stereocenters. The summed E-state index contributed by atoms with van der Waals surface area (Å²) in [7, 11) is -4.18. The van der Waals surface area contributed by atoms with Gasteiger partial charge in [-0.2, -0.15) is 4.98 Å². The Hall–Kier alpha value is -4.62. The van der Waals surface area contributed by atoms with Crippen LogP contribution >= 0.6 is 0 Å². The van der Waals surface area contributed by atoms with Gasteiger partial charge in [-0.05, 0) is 68.4 Å². The maximum Gasteiger partial charge on any atom is 0.264 e. The summed E-state index contributed by atoms with van der Waals surface area (Å²) in [6, 6.07) is 13.1. The van der Waals surface area contributed by atoms with Gasteiger partial charge in [0.05, 0.1) is 42.2 Å². The first-order valence-corrected chi connectivity index (χ1v) is 17.6. The average Bonchev–Trinajstić information content (AvgIpc) is 3.06. The summed E-state index contributed by atoms with van der Waals surface area (Å²) >= 11 is 0. The van der Waals surface area contributed by atoms with E-state index in [9.17, 15) is 13.2 Å². The maximum absolute atomic E-state index is 14.3. The number of ether oxygens (including phenoxy) is 3. The van der Waals surface area contributed by atoms with E-state index in [2.05, 4.69) is 38.5 Å². The lowest BCUT2D eigenvalue weighted by Crippen LogP contribution is -2.44. The molecule has 1 saturated heterocycles. The smallest absolute Gasteiger partial charge is 0.264 e. The van der Waals surface area contributed by atoms with Gasteiger partial charge in [-0.3, -0.25) is 4.79 Å². The van der Waals surface area contributed by atoms with Crippen LogP contribution in [-0.4, -0.2) is 71.1 Å². The number of nitrogens with zero attached hydrogens (tertiary/aromatic N) is 5. The summed E-state index contributed by atoms with van der Waals surface area (Å²) < 4.78 is 47.6. The highest BCUT2D eigenvalue weighted by molar-refractivity contribution is 7.92. The predicted molar refractivity (Wildman–Crippen MR) is 179 cm³/mol. The molecule has 12 nitrogen and oxygen atoms in total. The van der Waals surface area contributed by atoms with Crippen molar-refractivity contribution in [3.8, 4) is 22.9 Å². The molecule has 1 N–H and O–H groups in total. The van der Waals surface area contributed by atoms with Crippen molar-refractivity contribution >= 4 is 21.9 Å². The number of fused-ring (bicyclic) bond motifs is 4. The molecule has 1 amide bonds. The van der Waals surface area contributed by atoms with Gasteiger partial charge in [0.15, 0.2) is 5.75 Å². The number of hydrogen-bond acceptors (Lipinski definition) is 10. The zero-order valence-electron chi connectivity index (χ0n) is 27.5. The van der Waals surface area contributed by atoms with E-state index < -0.39 is 16.1 Å². The molecule has 0 saturated carbocycles. The highest BCUT2D eigenvalue weighted by Crippen LogP contribution is 2.30. The van der Waals surface area contributed by atoms with Gasteiger partial charge in [0.2, 0.25) is 11.8 Å². The van der Waals surface area contributed by atoms with Crippen molar-refractivity contribution in [3.63, 3.8) is 0 Å². The Labute approximate surface area is 281 Å². The standard InChI is InChI=1S/C35H40N6O6S/c1-22(2)14-26-20-46-32-16-30(33-23(3)8-5-9-24(33)4)38-35(39-32)40-48(43,44)29-12-6-10-25(15-29)34(42)41(26)19-31-36-17-28(18-37-31)47-27-11-7-13-45-21-27/h5-6,8-10,12,15-18,22,26-27H,7,11,13-14,19-21H2,1-4H3,(H,38,39,40)/t26-,27?/m1/s1. The second-order valence-corrected chi connectivity index (χ2v) is 14.3. The molecule has 2 aliphatic rings. The van der Waals surface area contributed by atoms with E-state index in [1.165, 1.54) is 12.1 Å². The minimum Gasteiger partial charge on any atom is -0.485 e.